The Hall–Kier alpha value is -5.92. The number of rotatable bonds is 8. The SMILES string of the molecule is CCS(=O)(=O)Nc1cc2oc(-c3ccc(F)cc3)c(C(=O)NC)c2cc1-c1ccc2c(n1)-c1cc3c(F)cccc3n1C(CN=[N+]=[N-])O2. The van der Waals surface area contributed by atoms with Crippen LogP contribution in [0.1, 0.15) is 23.5 Å². The number of ether oxygens (including phenoxy) is 1. The third-order valence-electron chi connectivity index (χ3n) is 8.09. The molecule has 2 N–H and O–H groups in total. The molecular formula is C33H25F2N7O5S. The van der Waals surface area contributed by atoms with Crippen LogP contribution in [-0.4, -0.2) is 43.2 Å². The zero-order valence-corrected chi connectivity index (χ0v) is 26.2. The van der Waals surface area contributed by atoms with Gasteiger partial charge in [-0.2, -0.15) is 0 Å². The summed E-state index contributed by atoms with van der Waals surface area (Å²) in [5, 5.41) is 6.95. The zero-order chi connectivity index (χ0) is 33.7. The lowest BCUT2D eigenvalue weighted by molar-refractivity contribution is 0.0964. The number of pyridine rings is 1. The van der Waals surface area contributed by atoms with Crippen LogP contribution in [0.3, 0.4) is 0 Å². The predicted octanol–water partition coefficient (Wildman–Crippen LogP) is 7.38. The molecule has 0 radical (unpaired) electrons. The first-order valence-electron chi connectivity index (χ1n) is 14.7. The molecule has 48 heavy (non-hydrogen) atoms. The van der Waals surface area contributed by atoms with Crippen LogP contribution in [0.2, 0.25) is 0 Å². The number of sulfonamides is 1. The number of aromatic nitrogens is 2. The molecule has 0 spiro atoms. The largest absolute Gasteiger partial charge is 0.468 e. The van der Waals surface area contributed by atoms with Crippen LogP contribution in [0.25, 0.3) is 66.3 Å². The Bertz CT molecular complexity index is 2440. The van der Waals surface area contributed by atoms with E-state index in [4.69, 9.17) is 19.7 Å². The highest BCUT2D eigenvalue weighted by molar-refractivity contribution is 7.92. The first-order chi connectivity index (χ1) is 23.1. The van der Waals surface area contributed by atoms with Crippen molar-refractivity contribution in [2.24, 2.45) is 5.11 Å². The van der Waals surface area contributed by atoms with Gasteiger partial charge in [-0.1, -0.05) is 11.2 Å². The van der Waals surface area contributed by atoms with Crippen LogP contribution >= 0.6 is 0 Å². The molecule has 7 rings (SSSR count). The van der Waals surface area contributed by atoms with Crippen LogP contribution in [0.5, 0.6) is 5.75 Å². The van der Waals surface area contributed by atoms with Gasteiger partial charge >= 0.3 is 0 Å². The van der Waals surface area contributed by atoms with Crippen LogP contribution in [-0.2, 0) is 10.0 Å². The summed E-state index contributed by atoms with van der Waals surface area (Å²) in [7, 11) is -2.35. The monoisotopic (exact) mass is 669 g/mol. The van der Waals surface area contributed by atoms with Crippen molar-refractivity contribution in [1.29, 1.82) is 0 Å². The second kappa shape index (κ2) is 11.7. The summed E-state index contributed by atoms with van der Waals surface area (Å²) in [5.74, 6) is -1.15. The molecule has 1 amide bonds. The minimum Gasteiger partial charge on any atom is -0.468 e. The highest BCUT2D eigenvalue weighted by Gasteiger charge is 2.31. The van der Waals surface area contributed by atoms with Crippen LogP contribution < -0.4 is 14.8 Å². The Morgan fingerprint density at radius 3 is 2.60 bits per heavy atom. The fourth-order valence-electron chi connectivity index (χ4n) is 5.84. The number of amides is 1. The fraction of sp³-hybridized carbons (Fsp3) is 0.152. The number of carbonyl (C=O) groups excluding carboxylic acids is 1. The van der Waals surface area contributed by atoms with Gasteiger partial charge in [0.1, 0.15) is 34.4 Å². The smallest absolute Gasteiger partial charge is 0.255 e. The molecule has 1 atom stereocenters. The van der Waals surface area contributed by atoms with Gasteiger partial charge in [-0.05, 0) is 73.1 Å². The van der Waals surface area contributed by atoms with Crippen molar-refractivity contribution in [2.75, 3.05) is 24.1 Å². The van der Waals surface area contributed by atoms with Crippen molar-refractivity contribution in [3.63, 3.8) is 0 Å². The molecule has 1 unspecified atom stereocenters. The van der Waals surface area contributed by atoms with Gasteiger partial charge in [0, 0.05) is 39.9 Å². The average molecular weight is 670 g/mol. The lowest BCUT2D eigenvalue weighted by atomic mass is 10.0. The third-order valence-corrected chi connectivity index (χ3v) is 9.38. The van der Waals surface area contributed by atoms with Gasteiger partial charge in [-0.3, -0.25) is 9.52 Å². The van der Waals surface area contributed by atoms with E-state index in [0.29, 0.717) is 50.2 Å². The van der Waals surface area contributed by atoms with Gasteiger partial charge in [-0.15, -0.1) is 0 Å². The summed E-state index contributed by atoms with van der Waals surface area (Å²) in [6.45, 7) is 1.41. The number of nitrogens with zero attached hydrogens (tertiary/aromatic N) is 5. The van der Waals surface area contributed by atoms with E-state index in [1.54, 1.807) is 41.0 Å². The number of nitrogens with one attached hydrogen (secondary N) is 2. The van der Waals surface area contributed by atoms with Crippen molar-refractivity contribution >= 4 is 43.5 Å². The van der Waals surface area contributed by atoms with Crippen LogP contribution in [0.15, 0.2) is 82.3 Å². The van der Waals surface area contributed by atoms with Gasteiger partial charge < -0.3 is 19.0 Å². The summed E-state index contributed by atoms with van der Waals surface area (Å²) >= 11 is 0. The molecule has 0 saturated heterocycles. The molecule has 0 aliphatic carbocycles. The molecule has 15 heteroatoms. The van der Waals surface area contributed by atoms with Gasteiger partial charge in [-0.25, -0.2) is 22.2 Å². The molecule has 0 fully saturated rings. The molecule has 242 valence electrons. The summed E-state index contributed by atoms with van der Waals surface area (Å²) < 4.78 is 71.0. The Morgan fingerprint density at radius 1 is 1.08 bits per heavy atom. The van der Waals surface area contributed by atoms with Gasteiger partial charge in [0.2, 0.25) is 10.0 Å². The Kier molecular flexibility index (Phi) is 7.49. The van der Waals surface area contributed by atoms with E-state index in [1.807, 2.05) is 0 Å². The maximum atomic E-state index is 15.0. The highest BCUT2D eigenvalue weighted by atomic mass is 32.2. The summed E-state index contributed by atoms with van der Waals surface area (Å²) in [6, 6.07) is 18.0. The highest BCUT2D eigenvalue weighted by Crippen LogP contribution is 2.45. The average Bonchev–Trinajstić information content (AvgIpc) is 3.66. The molecular weight excluding hydrogens is 644 g/mol. The van der Waals surface area contributed by atoms with E-state index >= 15 is 0 Å². The molecule has 0 bridgehead atoms. The first kappa shape index (κ1) is 30.7. The molecule has 12 nitrogen and oxygen atoms in total. The van der Waals surface area contributed by atoms with Gasteiger partial charge in [0.15, 0.2) is 6.23 Å². The number of fused-ring (bicyclic) bond motifs is 6. The second-order valence-electron chi connectivity index (χ2n) is 10.9. The maximum absolute atomic E-state index is 15.0. The lowest BCUT2D eigenvalue weighted by Gasteiger charge is -2.28. The number of azide groups is 1. The molecule has 1 aliphatic rings. The number of furan rings is 1. The van der Waals surface area contributed by atoms with Gasteiger partial charge in [0.05, 0.1) is 40.5 Å². The summed E-state index contributed by atoms with van der Waals surface area (Å²) in [6.07, 6.45) is -0.787. The van der Waals surface area contributed by atoms with Crippen molar-refractivity contribution in [2.45, 2.75) is 13.2 Å². The number of halogens is 2. The second-order valence-corrected chi connectivity index (χ2v) is 12.9. The summed E-state index contributed by atoms with van der Waals surface area (Å²) in [5.41, 5.74) is 11.8. The minimum absolute atomic E-state index is 0.0796. The molecule has 0 saturated carbocycles. The van der Waals surface area contributed by atoms with E-state index in [1.165, 1.54) is 50.4 Å². The molecule has 6 aromatic rings. The standard InChI is InChI=1S/C33H25F2N7O5S/c1-3-48(44,45)40-24-15-28-21(30(33(43)37-2)32(47-28)17-7-9-18(34)10-8-17)13-20(24)23-11-12-27-31(39-23)26-14-19-22(35)5-4-6-25(19)42(26)29(46-27)16-38-41-36/h4-15,29,40H,3,16H2,1-2H3,(H,37,43). The number of benzene rings is 3. The number of carbonyl (C=O) groups is 1. The predicted molar refractivity (Wildman–Crippen MR) is 176 cm³/mol. The maximum Gasteiger partial charge on any atom is 0.255 e. The fourth-order valence-corrected chi connectivity index (χ4v) is 6.49. The molecule has 1 aliphatic heterocycles. The van der Waals surface area contributed by atoms with Crippen molar-refractivity contribution < 1.29 is 31.1 Å². The first-order valence-corrected chi connectivity index (χ1v) is 16.4. The normalized spacial score (nSPS) is 13.8. The van der Waals surface area contributed by atoms with Crippen molar-refractivity contribution in [1.82, 2.24) is 14.9 Å². The Labute approximate surface area is 271 Å². The number of hydrogen-bond acceptors (Lipinski definition) is 7. The molecule has 3 aromatic heterocycles. The third kappa shape index (κ3) is 5.14. The quantitative estimate of drug-likeness (QED) is 0.0975. The minimum atomic E-state index is -3.81. The number of anilines is 1. The van der Waals surface area contributed by atoms with Crippen molar-refractivity contribution in [3.8, 4) is 39.7 Å². The van der Waals surface area contributed by atoms with E-state index in [2.05, 4.69) is 20.1 Å². The van der Waals surface area contributed by atoms with E-state index in [9.17, 15) is 22.0 Å². The van der Waals surface area contributed by atoms with E-state index in [-0.39, 0.29) is 34.9 Å². The van der Waals surface area contributed by atoms with Crippen LogP contribution in [0.4, 0.5) is 14.5 Å². The van der Waals surface area contributed by atoms with E-state index < -0.39 is 33.8 Å². The van der Waals surface area contributed by atoms with E-state index in [0.717, 1.165) is 0 Å². The Morgan fingerprint density at radius 2 is 1.88 bits per heavy atom. The summed E-state index contributed by atoms with van der Waals surface area (Å²) in [4.78, 5) is 21.0. The topological polar surface area (TPSA) is 164 Å². The van der Waals surface area contributed by atoms with Gasteiger partial charge in [0.25, 0.3) is 5.91 Å². The molecule has 4 heterocycles. The number of hydrogen-bond donors (Lipinski definition) is 2. The zero-order valence-electron chi connectivity index (χ0n) is 25.4. The molecule has 3 aromatic carbocycles. The Balaban J connectivity index is 1.47. The van der Waals surface area contributed by atoms with Crippen LogP contribution in [0, 0.1) is 11.6 Å². The van der Waals surface area contributed by atoms with Crippen molar-refractivity contribution in [3.05, 3.63) is 100 Å². The lowest BCUT2D eigenvalue weighted by Crippen LogP contribution is -2.24.